The van der Waals surface area contributed by atoms with E-state index in [0.29, 0.717) is 11.6 Å². The first-order valence-electron chi connectivity index (χ1n) is 8.74. The Morgan fingerprint density at radius 3 is 2.88 bits per heavy atom. The minimum absolute atomic E-state index is 0.217. The number of halogens is 1. The van der Waals surface area contributed by atoms with E-state index in [1.807, 2.05) is 24.3 Å². The summed E-state index contributed by atoms with van der Waals surface area (Å²) < 4.78 is 5.00. The number of unbranched alkanes of at least 4 members (excludes halogenated alkanes) is 1. The number of ether oxygens (including phenoxy) is 1. The highest BCUT2D eigenvalue weighted by Crippen LogP contribution is 2.24. The lowest BCUT2D eigenvalue weighted by molar-refractivity contribution is -0.141. The van der Waals surface area contributed by atoms with E-state index >= 15 is 0 Å². The number of likely N-dealkylation sites (N-methyl/N-ethyl adjacent to an activating group) is 1. The molecular formula is C19H26ClN3O2. The zero-order valence-electron chi connectivity index (χ0n) is 14.9. The first kappa shape index (κ1) is 19.5. The molecule has 2 rings (SSSR count). The lowest BCUT2D eigenvalue weighted by Gasteiger charge is -2.20. The minimum Gasteiger partial charge on any atom is -0.465 e. The van der Waals surface area contributed by atoms with Gasteiger partial charge in [-0.1, -0.05) is 18.5 Å². The Morgan fingerprint density at radius 2 is 2.12 bits per heavy atom. The first-order valence-corrected chi connectivity index (χ1v) is 9.12. The van der Waals surface area contributed by atoms with Gasteiger partial charge in [0, 0.05) is 42.3 Å². The molecule has 0 fully saturated rings. The molecule has 0 aliphatic rings. The number of esters is 1. The summed E-state index contributed by atoms with van der Waals surface area (Å²) in [5, 5.41) is 5.27. The van der Waals surface area contributed by atoms with E-state index in [9.17, 15) is 4.79 Å². The molecule has 0 radical (unpaired) electrons. The summed E-state index contributed by atoms with van der Waals surface area (Å²) >= 11 is 6.02. The van der Waals surface area contributed by atoms with Crippen molar-refractivity contribution >= 4 is 34.2 Å². The highest BCUT2D eigenvalue weighted by atomic mass is 35.5. The normalized spacial score (nSPS) is 11.0. The maximum atomic E-state index is 10.8. The number of anilines is 1. The van der Waals surface area contributed by atoms with Crippen molar-refractivity contribution in [2.24, 2.45) is 0 Å². The van der Waals surface area contributed by atoms with Crippen molar-refractivity contribution in [3.63, 3.8) is 0 Å². The molecule has 1 aromatic heterocycles. The van der Waals surface area contributed by atoms with Crippen LogP contribution in [0.4, 0.5) is 5.69 Å². The second kappa shape index (κ2) is 10.2. The number of rotatable bonds is 10. The predicted molar refractivity (Wildman–Crippen MR) is 103 cm³/mol. The van der Waals surface area contributed by atoms with Gasteiger partial charge in [-0.15, -0.1) is 0 Å². The number of pyridine rings is 1. The number of hydrogen-bond donors (Lipinski definition) is 1. The van der Waals surface area contributed by atoms with Gasteiger partial charge in [-0.05, 0) is 50.2 Å². The van der Waals surface area contributed by atoms with Gasteiger partial charge in [-0.2, -0.15) is 0 Å². The Hall–Kier alpha value is -1.85. The molecule has 1 aromatic carbocycles. The van der Waals surface area contributed by atoms with Crippen LogP contribution in [0.5, 0.6) is 0 Å². The van der Waals surface area contributed by atoms with Crippen LogP contribution >= 0.6 is 11.6 Å². The lowest BCUT2D eigenvalue weighted by Crippen LogP contribution is -2.29. The molecule has 0 unspecified atom stereocenters. The van der Waals surface area contributed by atoms with Gasteiger partial charge < -0.3 is 15.0 Å². The van der Waals surface area contributed by atoms with Crippen LogP contribution in [-0.4, -0.2) is 48.6 Å². The summed E-state index contributed by atoms with van der Waals surface area (Å²) in [6.45, 7) is 7.70. The third-order valence-corrected chi connectivity index (χ3v) is 4.32. The topological polar surface area (TPSA) is 54.5 Å². The van der Waals surface area contributed by atoms with Gasteiger partial charge in [-0.3, -0.25) is 9.78 Å². The van der Waals surface area contributed by atoms with Gasteiger partial charge in [0.2, 0.25) is 0 Å². The van der Waals surface area contributed by atoms with Crippen LogP contribution in [0.1, 0.15) is 26.7 Å². The number of hydrogen-bond acceptors (Lipinski definition) is 5. The van der Waals surface area contributed by atoms with Crippen molar-refractivity contribution in [3.05, 3.63) is 35.5 Å². The van der Waals surface area contributed by atoms with Crippen molar-refractivity contribution in [1.82, 2.24) is 9.88 Å². The molecule has 0 spiro atoms. The monoisotopic (exact) mass is 363 g/mol. The molecule has 25 heavy (non-hydrogen) atoms. The number of nitrogens with zero attached hydrogens (tertiary/aromatic N) is 2. The summed E-state index contributed by atoms with van der Waals surface area (Å²) in [5.74, 6) is -0.217. The number of aromatic nitrogens is 1. The summed E-state index contributed by atoms with van der Waals surface area (Å²) in [4.78, 5) is 17.5. The molecular weight excluding hydrogens is 338 g/mol. The number of carbonyl (C=O) groups is 1. The van der Waals surface area contributed by atoms with E-state index in [1.165, 1.54) is 6.92 Å². The van der Waals surface area contributed by atoms with E-state index in [2.05, 4.69) is 22.1 Å². The SMILES string of the molecule is CCN(CCCCNc1ccnc2cc(Cl)ccc12)CCOC(C)=O. The van der Waals surface area contributed by atoms with Gasteiger partial charge in [-0.25, -0.2) is 0 Å². The second-order valence-electron chi connectivity index (χ2n) is 5.93. The molecule has 5 nitrogen and oxygen atoms in total. The molecule has 0 aliphatic carbocycles. The highest BCUT2D eigenvalue weighted by Gasteiger charge is 2.04. The molecule has 1 N–H and O–H groups in total. The van der Waals surface area contributed by atoms with Crippen LogP contribution in [0.2, 0.25) is 5.02 Å². The molecule has 0 saturated heterocycles. The fraction of sp³-hybridized carbons (Fsp3) is 0.474. The molecule has 0 aliphatic heterocycles. The van der Waals surface area contributed by atoms with Crippen LogP contribution in [0.15, 0.2) is 30.5 Å². The Bertz CT molecular complexity index is 693. The fourth-order valence-electron chi connectivity index (χ4n) is 2.71. The summed E-state index contributed by atoms with van der Waals surface area (Å²) in [7, 11) is 0. The van der Waals surface area contributed by atoms with E-state index < -0.39 is 0 Å². The Kier molecular flexibility index (Phi) is 7.95. The minimum atomic E-state index is -0.217. The van der Waals surface area contributed by atoms with Crippen molar-refractivity contribution in [2.45, 2.75) is 26.7 Å². The third kappa shape index (κ3) is 6.52. The number of benzene rings is 1. The molecule has 6 heteroatoms. The Balaban J connectivity index is 1.73. The quantitative estimate of drug-likeness (QED) is 0.511. The zero-order valence-corrected chi connectivity index (χ0v) is 15.7. The van der Waals surface area contributed by atoms with Crippen LogP contribution in [0, 0.1) is 0 Å². The summed E-state index contributed by atoms with van der Waals surface area (Å²) in [5.41, 5.74) is 1.99. The lowest BCUT2D eigenvalue weighted by atomic mass is 10.2. The highest BCUT2D eigenvalue weighted by molar-refractivity contribution is 6.31. The smallest absolute Gasteiger partial charge is 0.302 e. The van der Waals surface area contributed by atoms with Gasteiger partial charge in [0.1, 0.15) is 6.61 Å². The number of nitrogens with one attached hydrogen (secondary N) is 1. The van der Waals surface area contributed by atoms with Gasteiger partial charge in [0.15, 0.2) is 0 Å². The van der Waals surface area contributed by atoms with Crippen LogP contribution in [0.3, 0.4) is 0 Å². The molecule has 0 saturated carbocycles. The predicted octanol–water partition coefficient (Wildman–Crippen LogP) is 3.97. The van der Waals surface area contributed by atoms with Crippen molar-refractivity contribution in [2.75, 3.05) is 38.1 Å². The molecule has 0 bridgehead atoms. The summed E-state index contributed by atoms with van der Waals surface area (Å²) in [6.07, 6.45) is 3.96. The molecule has 136 valence electrons. The zero-order chi connectivity index (χ0) is 18.1. The average Bonchev–Trinajstić information content (AvgIpc) is 2.59. The van der Waals surface area contributed by atoms with Gasteiger partial charge >= 0.3 is 5.97 Å². The van der Waals surface area contributed by atoms with Crippen molar-refractivity contribution in [1.29, 1.82) is 0 Å². The molecule has 1 heterocycles. The molecule has 0 amide bonds. The average molecular weight is 364 g/mol. The number of carbonyl (C=O) groups excluding carboxylic acids is 1. The molecule has 2 aromatic rings. The third-order valence-electron chi connectivity index (χ3n) is 4.08. The van der Waals surface area contributed by atoms with Crippen LogP contribution in [0.25, 0.3) is 10.9 Å². The largest absolute Gasteiger partial charge is 0.465 e. The maximum absolute atomic E-state index is 10.8. The van der Waals surface area contributed by atoms with E-state index in [1.54, 1.807) is 6.20 Å². The number of fused-ring (bicyclic) bond motifs is 1. The van der Waals surface area contributed by atoms with Crippen molar-refractivity contribution < 1.29 is 9.53 Å². The maximum Gasteiger partial charge on any atom is 0.302 e. The Morgan fingerprint density at radius 1 is 1.28 bits per heavy atom. The Labute approximate surface area is 154 Å². The summed E-state index contributed by atoms with van der Waals surface area (Å²) in [6, 6.07) is 7.76. The van der Waals surface area contributed by atoms with Gasteiger partial charge in [0.25, 0.3) is 0 Å². The first-order chi connectivity index (χ1) is 12.1. The second-order valence-corrected chi connectivity index (χ2v) is 6.36. The van der Waals surface area contributed by atoms with Crippen LogP contribution in [-0.2, 0) is 9.53 Å². The van der Waals surface area contributed by atoms with E-state index in [4.69, 9.17) is 16.3 Å². The van der Waals surface area contributed by atoms with E-state index in [-0.39, 0.29) is 5.97 Å². The van der Waals surface area contributed by atoms with E-state index in [0.717, 1.165) is 55.6 Å². The molecule has 0 atom stereocenters. The van der Waals surface area contributed by atoms with Gasteiger partial charge in [0.05, 0.1) is 5.52 Å². The fourth-order valence-corrected chi connectivity index (χ4v) is 2.87. The van der Waals surface area contributed by atoms with Crippen molar-refractivity contribution in [3.8, 4) is 0 Å². The standard InChI is InChI=1S/C19H26ClN3O2/c1-3-23(12-13-25-15(2)24)11-5-4-9-21-18-8-10-22-19-14-16(20)6-7-17(18)19/h6-8,10,14H,3-5,9,11-13H2,1-2H3,(H,21,22). The van der Waals surface area contributed by atoms with Crippen LogP contribution < -0.4 is 5.32 Å².